The Morgan fingerprint density at radius 2 is 1.67 bits per heavy atom. The summed E-state index contributed by atoms with van der Waals surface area (Å²) in [5.41, 5.74) is 3.89. The van der Waals surface area contributed by atoms with Crippen LogP contribution >= 0.6 is 0 Å². The third kappa shape index (κ3) is 4.47. The van der Waals surface area contributed by atoms with Crippen LogP contribution in [0.3, 0.4) is 0 Å². The highest BCUT2D eigenvalue weighted by molar-refractivity contribution is 5.75. The second-order valence-electron chi connectivity index (χ2n) is 8.08. The monoisotopic (exact) mass is 366 g/mol. The van der Waals surface area contributed by atoms with Crippen molar-refractivity contribution in [2.75, 3.05) is 0 Å². The minimum Gasteiger partial charge on any atom is -0.201 e. The van der Waals surface area contributed by atoms with Gasteiger partial charge < -0.3 is 0 Å². The molecule has 0 unspecified atom stereocenters. The molecule has 0 N–H and O–H groups in total. The van der Waals surface area contributed by atoms with E-state index in [4.69, 9.17) is 11.0 Å². The fourth-order valence-corrected chi connectivity index (χ4v) is 3.28. The number of nitrogens with zero attached hydrogens (tertiary/aromatic N) is 1. The van der Waals surface area contributed by atoms with Crippen molar-refractivity contribution in [2.45, 2.75) is 47.8 Å². The fraction of sp³-hybridized carbons (Fsp3) is 0.346. The second kappa shape index (κ2) is 7.31. The summed E-state index contributed by atoms with van der Waals surface area (Å²) in [5, 5.41) is 0. The number of rotatable bonds is 3. The zero-order chi connectivity index (χ0) is 26.6. The Bertz CT molecular complexity index is 1230. The number of aryl methyl sites for hydroxylation is 4. The topological polar surface area (TPSA) is 3.88 Å². The average molecular weight is 367 g/mol. The van der Waals surface area contributed by atoms with Crippen molar-refractivity contribution in [1.82, 2.24) is 0 Å². The number of pyridine rings is 1. The lowest BCUT2D eigenvalue weighted by atomic mass is 9.87. The molecular formula is C26H32N+. The predicted octanol–water partition coefficient (Wildman–Crippen LogP) is 6.36. The molecule has 1 nitrogen and oxygen atoms in total. The van der Waals surface area contributed by atoms with Gasteiger partial charge in [-0.25, -0.2) is 4.57 Å². The minimum atomic E-state index is -2.34. The van der Waals surface area contributed by atoms with Gasteiger partial charge in [-0.05, 0) is 72.4 Å². The summed E-state index contributed by atoms with van der Waals surface area (Å²) in [4.78, 5) is 0. The molecule has 0 aliphatic carbocycles. The molecule has 0 radical (unpaired) electrons. The average Bonchev–Trinajstić information content (AvgIpc) is 2.72. The molecule has 2 aromatic carbocycles. The van der Waals surface area contributed by atoms with Crippen LogP contribution in [-0.4, -0.2) is 0 Å². The van der Waals surface area contributed by atoms with E-state index in [2.05, 4.69) is 0 Å². The number of benzene rings is 2. The second-order valence-corrected chi connectivity index (χ2v) is 8.08. The van der Waals surface area contributed by atoms with Gasteiger partial charge in [-0.2, -0.15) is 0 Å². The van der Waals surface area contributed by atoms with Crippen LogP contribution in [0, 0.1) is 26.0 Å². The molecule has 0 atom stereocenters. The first-order chi connectivity index (χ1) is 15.8. The van der Waals surface area contributed by atoms with Gasteiger partial charge in [-0.3, -0.25) is 0 Å². The van der Waals surface area contributed by atoms with Gasteiger partial charge in [0, 0.05) is 28.2 Å². The smallest absolute Gasteiger partial charge is 0.201 e. The molecular weight excluding hydrogens is 326 g/mol. The molecule has 3 aromatic rings. The van der Waals surface area contributed by atoms with Crippen molar-refractivity contribution in [3.8, 4) is 22.4 Å². The summed E-state index contributed by atoms with van der Waals surface area (Å²) in [6.45, 7) is 2.81. The first kappa shape index (κ1) is 11.4. The number of aromatic nitrogens is 1. The molecule has 3 rings (SSSR count). The van der Waals surface area contributed by atoms with E-state index in [0.29, 0.717) is 16.7 Å². The van der Waals surface area contributed by atoms with Gasteiger partial charge in [0.2, 0.25) is 5.69 Å². The number of hydrogen-bond acceptors (Lipinski definition) is 0. The van der Waals surface area contributed by atoms with Crippen LogP contribution in [0.1, 0.15) is 54.0 Å². The van der Waals surface area contributed by atoms with Crippen molar-refractivity contribution >= 4 is 0 Å². The Morgan fingerprint density at radius 1 is 0.926 bits per heavy atom. The highest BCUT2D eigenvalue weighted by Crippen LogP contribution is 2.32. The summed E-state index contributed by atoms with van der Waals surface area (Å²) >= 11 is 0. The molecule has 140 valence electrons. The van der Waals surface area contributed by atoms with Gasteiger partial charge in [-0.1, -0.05) is 51.1 Å². The van der Waals surface area contributed by atoms with Crippen LogP contribution in [0.2, 0.25) is 0 Å². The van der Waals surface area contributed by atoms with Crippen molar-refractivity contribution < 1.29 is 15.5 Å². The number of hydrogen-bond donors (Lipinski definition) is 0. The Hall–Kier alpha value is -2.41. The van der Waals surface area contributed by atoms with E-state index in [1.807, 2.05) is 33.8 Å². The van der Waals surface area contributed by atoms with Crippen LogP contribution in [-0.2, 0) is 13.4 Å². The van der Waals surface area contributed by atoms with E-state index in [1.54, 1.807) is 60.3 Å². The van der Waals surface area contributed by atoms with Gasteiger partial charge in [0.25, 0.3) is 0 Å². The third-order valence-electron chi connectivity index (χ3n) is 4.49. The maximum Gasteiger partial charge on any atom is 0.212 e. The Labute approximate surface area is 175 Å². The van der Waals surface area contributed by atoms with Crippen LogP contribution in [0.15, 0.2) is 54.7 Å². The first-order valence-corrected chi connectivity index (χ1v) is 9.10. The zero-order valence-corrected chi connectivity index (χ0v) is 16.6. The minimum absolute atomic E-state index is 0.215. The molecule has 27 heavy (non-hydrogen) atoms. The quantitative estimate of drug-likeness (QED) is 0.475. The maximum atomic E-state index is 8.53. The van der Waals surface area contributed by atoms with Crippen LogP contribution in [0.4, 0.5) is 0 Å². The van der Waals surface area contributed by atoms with E-state index in [-0.39, 0.29) is 11.1 Å². The Morgan fingerprint density at radius 3 is 2.26 bits per heavy atom. The van der Waals surface area contributed by atoms with Crippen molar-refractivity contribution in [1.29, 1.82) is 0 Å². The molecule has 1 aromatic heterocycles. The van der Waals surface area contributed by atoms with Gasteiger partial charge in [0.15, 0.2) is 6.20 Å². The molecule has 0 spiro atoms. The molecule has 0 bridgehead atoms. The predicted molar refractivity (Wildman–Crippen MR) is 116 cm³/mol. The van der Waals surface area contributed by atoms with Crippen molar-refractivity contribution in [3.63, 3.8) is 0 Å². The lowest BCUT2D eigenvalue weighted by molar-refractivity contribution is -0.660. The van der Waals surface area contributed by atoms with E-state index < -0.39 is 25.5 Å². The SMILES string of the molecule is [2H]C([2H])([2H])c1ccc(-c2cc(-c3ccc(C([2H])([2H])C(C)(C)C)cc3)c(C([2H])([2H])[2H])cc2C)[n+](C)c1. The van der Waals surface area contributed by atoms with Gasteiger partial charge in [-0.15, -0.1) is 0 Å². The normalized spacial score (nSPS) is 17.5. The third-order valence-corrected chi connectivity index (χ3v) is 4.49. The molecule has 0 saturated carbocycles. The lowest BCUT2D eigenvalue weighted by Gasteiger charge is -2.18. The summed E-state index contributed by atoms with van der Waals surface area (Å²) in [7, 11) is 1.77. The largest absolute Gasteiger partial charge is 0.212 e. The Balaban J connectivity index is 2.20. The van der Waals surface area contributed by atoms with E-state index in [1.165, 1.54) is 0 Å². The van der Waals surface area contributed by atoms with Crippen molar-refractivity contribution in [2.24, 2.45) is 12.5 Å². The molecule has 0 aliphatic rings. The zero-order valence-electron chi connectivity index (χ0n) is 24.6. The highest BCUT2D eigenvalue weighted by Gasteiger charge is 2.16. The molecule has 0 fully saturated rings. The van der Waals surface area contributed by atoms with E-state index in [9.17, 15) is 0 Å². The van der Waals surface area contributed by atoms with Crippen LogP contribution in [0.5, 0.6) is 0 Å². The van der Waals surface area contributed by atoms with Crippen LogP contribution in [0.25, 0.3) is 22.4 Å². The van der Waals surface area contributed by atoms with Gasteiger partial charge in [0.05, 0.1) is 0 Å². The van der Waals surface area contributed by atoms with Gasteiger partial charge in [0.1, 0.15) is 7.05 Å². The molecule has 0 saturated heterocycles. The van der Waals surface area contributed by atoms with Crippen LogP contribution < -0.4 is 4.57 Å². The molecule has 1 heterocycles. The van der Waals surface area contributed by atoms with Gasteiger partial charge >= 0.3 is 0 Å². The fourth-order valence-electron chi connectivity index (χ4n) is 3.28. The first-order valence-electron chi connectivity index (χ1n) is 13.1. The Kier molecular flexibility index (Phi) is 3.10. The summed E-state index contributed by atoms with van der Waals surface area (Å²) < 4.78 is 66.1. The van der Waals surface area contributed by atoms with Crippen molar-refractivity contribution in [3.05, 3.63) is 77.0 Å². The standard InChI is InChI=1S/C26H32N/c1-18-8-13-25(27(7)17-18)24-15-23(19(2)14-20(24)3)22-11-9-21(10-12-22)16-26(4,5)6/h8-15,17H,16H2,1-7H3/q+1/i1D3,2D3,16D2. The summed E-state index contributed by atoms with van der Waals surface area (Å²) in [5.74, 6) is 0. The summed E-state index contributed by atoms with van der Waals surface area (Å²) in [6.07, 6.45) is 0.0115. The summed E-state index contributed by atoms with van der Waals surface area (Å²) in [6, 6.07) is 13.8. The lowest BCUT2D eigenvalue weighted by Crippen LogP contribution is -2.31. The molecule has 1 heteroatoms. The van der Waals surface area contributed by atoms with E-state index in [0.717, 1.165) is 16.8 Å². The molecule has 0 aliphatic heterocycles. The van der Waals surface area contributed by atoms with E-state index >= 15 is 0 Å². The highest BCUT2D eigenvalue weighted by atomic mass is 14.9. The maximum absolute atomic E-state index is 8.53. The molecule has 0 amide bonds.